The molecule has 1 atom stereocenters. The number of rotatable bonds is 12. The predicted molar refractivity (Wildman–Crippen MR) is 170 cm³/mol. The summed E-state index contributed by atoms with van der Waals surface area (Å²) >= 11 is 0. The van der Waals surface area contributed by atoms with Crippen LogP contribution in [0.15, 0.2) is 71.9 Å². The average molecular weight is 611 g/mol. The van der Waals surface area contributed by atoms with Crippen LogP contribution in [0.4, 0.5) is 0 Å². The molecule has 3 aromatic rings. The van der Waals surface area contributed by atoms with Crippen LogP contribution in [0.25, 0.3) is 11.1 Å². The monoisotopic (exact) mass is 610 g/mol. The van der Waals surface area contributed by atoms with E-state index in [4.69, 9.17) is 14.7 Å². The van der Waals surface area contributed by atoms with E-state index in [0.717, 1.165) is 40.9 Å². The number of fused-ring (bicyclic) bond motifs is 3. The van der Waals surface area contributed by atoms with Crippen molar-refractivity contribution in [3.63, 3.8) is 0 Å². The Morgan fingerprint density at radius 3 is 2.22 bits per heavy atom. The topological polar surface area (TPSA) is 123 Å². The van der Waals surface area contributed by atoms with Crippen molar-refractivity contribution >= 4 is 29.2 Å². The molecule has 2 aliphatic rings. The number of ketones is 2. The fourth-order valence-electron chi connectivity index (χ4n) is 6.20. The lowest BCUT2D eigenvalue weighted by atomic mass is 9.86. The zero-order valence-electron chi connectivity index (χ0n) is 25.9. The van der Waals surface area contributed by atoms with Crippen LogP contribution in [0.2, 0.25) is 0 Å². The van der Waals surface area contributed by atoms with Crippen molar-refractivity contribution in [2.24, 2.45) is 5.16 Å². The fourth-order valence-corrected chi connectivity index (χ4v) is 6.20. The first kappa shape index (κ1) is 31.9. The molecule has 45 heavy (non-hydrogen) atoms. The fraction of sp³-hybridized carbons (Fsp3) is 0.361. The lowest BCUT2D eigenvalue weighted by Gasteiger charge is -2.39. The van der Waals surface area contributed by atoms with Crippen LogP contribution < -0.4 is 0 Å². The van der Waals surface area contributed by atoms with Gasteiger partial charge in [0.25, 0.3) is 0 Å². The van der Waals surface area contributed by atoms with E-state index in [2.05, 4.69) is 16.1 Å². The maximum Gasteiger partial charge on any atom is 0.331 e. The number of ether oxygens (including phenoxy) is 1. The Balaban J connectivity index is 1.42. The van der Waals surface area contributed by atoms with Gasteiger partial charge in [-0.3, -0.25) is 19.3 Å². The molecule has 9 nitrogen and oxygen atoms in total. The highest BCUT2D eigenvalue weighted by atomic mass is 16.7. The largest absolute Gasteiger partial charge is 0.481 e. The van der Waals surface area contributed by atoms with Crippen molar-refractivity contribution in [1.29, 1.82) is 0 Å². The van der Waals surface area contributed by atoms with Crippen molar-refractivity contribution in [2.45, 2.75) is 57.9 Å². The molecule has 0 aromatic heterocycles. The van der Waals surface area contributed by atoms with Gasteiger partial charge in [0.05, 0.1) is 18.8 Å². The van der Waals surface area contributed by atoms with Gasteiger partial charge in [-0.1, -0.05) is 65.8 Å². The first-order chi connectivity index (χ1) is 21.6. The van der Waals surface area contributed by atoms with Crippen LogP contribution in [-0.4, -0.2) is 71.1 Å². The number of carboxylic acid groups (broad SMARTS) is 1. The summed E-state index contributed by atoms with van der Waals surface area (Å²) < 4.78 is 5.48. The van der Waals surface area contributed by atoms with E-state index in [0.29, 0.717) is 37.2 Å². The molecule has 0 saturated carbocycles. The van der Waals surface area contributed by atoms with Gasteiger partial charge in [-0.15, -0.1) is 0 Å². The third-order valence-corrected chi connectivity index (χ3v) is 8.65. The van der Waals surface area contributed by atoms with E-state index in [9.17, 15) is 19.2 Å². The zero-order chi connectivity index (χ0) is 32.1. The van der Waals surface area contributed by atoms with E-state index < -0.39 is 17.5 Å². The van der Waals surface area contributed by atoms with Gasteiger partial charge in [0.15, 0.2) is 5.78 Å². The standard InChI is InChI=1S/C36H38N2O7/c1-23(39)45-37-31(10-6-7-11-32(40)41)34(42)26-16-17-29-30(22-26)27-8-4-5-9-28(27)33(29)24-12-14-25(15-13-24)35(43)36(2,3)38-18-20-44-21-19-38/h4-5,8-9,12-17,22,33H,6-7,10-11,18-21H2,1-3H3,(H,40,41)/b37-31+. The van der Waals surface area contributed by atoms with Gasteiger partial charge in [-0.25, -0.2) is 4.79 Å². The molecular weight excluding hydrogens is 572 g/mol. The van der Waals surface area contributed by atoms with E-state index in [1.54, 1.807) is 6.07 Å². The molecule has 5 rings (SSSR count). The molecule has 1 N–H and O–H groups in total. The molecule has 0 radical (unpaired) electrons. The predicted octanol–water partition coefficient (Wildman–Crippen LogP) is 5.89. The van der Waals surface area contributed by atoms with E-state index in [1.807, 2.05) is 68.4 Å². The highest BCUT2D eigenvalue weighted by Gasteiger charge is 2.36. The third-order valence-electron chi connectivity index (χ3n) is 8.65. The number of hydrogen-bond acceptors (Lipinski definition) is 8. The Bertz CT molecular complexity index is 1640. The van der Waals surface area contributed by atoms with Gasteiger partial charge in [-0.2, -0.15) is 0 Å². The summed E-state index contributed by atoms with van der Waals surface area (Å²) in [5.41, 5.74) is 5.61. The highest BCUT2D eigenvalue weighted by Crippen LogP contribution is 2.48. The lowest BCUT2D eigenvalue weighted by molar-refractivity contribution is -0.141. The Morgan fingerprint density at radius 1 is 0.889 bits per heavy atom. The number of carbonyl (C=O) groups is 4. The van der Waals surface area contributed by atoms with E-state index >= 15 is 0 Å². The van der Waals surface area contributed by atoms with Gasteiger partial charge < -0.3 is 14.7 Å². The molecular formula is C36H38N2O7. The number of benzene rings is 3. The molecule has 1 aliphatic heterocycles. The number of hydrogen-bond donors (Lipinski definition) is 1. The number of oxime groups is 1. The van der Waals surface area contributed by atoms with Gasteiger partial charge in [-0.05, 0) is 67.0 Å². The molecule has 9 heteroatoms. The summed E-state index contributed by atoms with van der Waals surface area (Å²) in [6, 6.07) is 21.5. The summed E-state index contributed by atoms with van der Waals surface area (Å²) in [5.74, 6) is -1.94. The Kier molecular flexibility index (Phi) is 9.70. The van der Waals surface area contributed by atoms with Crippen LogP contribution in [0.3, 0.4) is 0 Å². The summed E-state index contributed by atoms with van der Waals surface area (Å²) in [7, 11) is 0. The third kappa shape index (κ3) is 6.95. The summed E-state index contributed by atoms with van der Waals surface area (Å²) in [4.78, 5) is 56.5. The minimum Gasteiger partial charge on any atom is -0.481 e. The normalized spacial score (nSPS) is 16.5. The summed E-state index contributed by atoms with van der Waals surface area (Å²) in [6.45, 7) is 7.82. The number of carboxylic acids is 1. The number of carbonyl (C=O) groups excluding carboxylic acids is 3. The average Bonchev–Trinajstić information content (AvgIpc) is 3.37. The Morgan fingerprint density at radius 2 is 1.53 bits per heavy atom. The highest BCUT2D eigenvalue weighted by molar-refractivity contribution is 6.46. The van der Waals surface area contributed by atoms with Gasteiger partial charge in [0.2, 0.25) is 5.78 Å². The van der Waals surface area contributed by atoms with Gasteiger partial charge in [0.1, 0.15) is 5.71 Å². The molecule has 3 aromatic carbocycles. The number of unbranched alkanes of at least 4 members (excludes halogenated alkanes) is 1. The zero-order valence-corrected chi connectivity index (χ0v) is 25.9. The molecule has 1 unspecified atom stereocenters. The van der Waals surface area contributed by atoms with Gasteiger partial charge >= 0.3 is 11.9 Å². The molecule has 0 amide bonds. The van der Waals surface area contributed by atoms with E-state index in [1.165, 1.54) is 6.92 Å². The maximum atomic E-state index is 13.6. The molecule has 1 heterocycles. The van der Waals surface area contributed by atoms with Crippen molar-refractivity contribution in [3.8, 4) is 11.1 Å². The SMILES string of the molecule is CC(=O)O/N=C(\CCCCC(=O)O)C(=O)c1ccc2c(c1)-c1ccccc1C2c1ccc(C(=O)C(C)(C)N2CCOCC2)cc1. The molecule has 1 saturated heterocycles. The van der Waals surface area contributed by atoms with Crippen LogP contribution in [0.5, 0.6) is 0 Å². The summed E-state index contributed by atoms with van der Waals surface area (Å²) in [6.07, 6.45) is 0.947. The Hall–Kier alpha value is -4.47. The number of aliphatic carboxylic acids is 1. The molecule has 1 fully saturated rings. The maximum absolute atomic E-state index is 13.6. The van der Waals surface area contributed by atoms with Crippen LogP contribution >= 0.6 is 0 Å². The van der Waals surface area contributed by atoms with Crippen molar-refractivity contribution in [1.82, 2.24) is 4.90 Å². The Labute approximate surface area is 262 Å². The molecule has 0 spiro atoms. The van der Waals surface area contributed by atoms with E-state index in [-0.39, 0.29) is 36.0 Å². The molecule has 1 aliphatic carbocycles. The van der Waals surface area contributed by atoms with Crippen molar-refractivity contribution < 1.29 is 33.9 Å². The second-order valence-corrected chi connectivity index (χ2v) is 12.0. The van der Waals surface area contributed by atoms with Gasteiger partial charge in [0, 0.05) is 43.5 Å². The second kappa shape index (κ2) is 13.7. The number of Topliss-reactive ketones (excluding diaryl/α,β-unsaturated/α-hetero) is 2. The van der Waals surface area contributed by atoms with Crippen LogP contribution in [0, 0.1) is 0 Å². The van der Waals surface area contributed by atoms with Crippen molar-refractivity contribution in [2.75, 3.05) is 26.3 Å². The van der Waals surface area contributed by atoms with Crippen LogP contribution in [-0.2, 0) is 19.2 Å². The summed E-state index contributed by atoms with van der Waals surface area (Å²) in [5, 5.41) is 12.8. The quantitative estimate of drug-likeness (QED) is 0.0693. The minimum absolute atomic E-state index is 0.0210. The smallest absolute Gasteiger partial charge is 0.331 e. The lowest BCUT2D eigenvalue weighted by Crippen LogP contribution is -2.54. The van der Waals surface area contributed by atoms with Crippen LogP contribution in [0.1, 0.15) is 89.8 Å². The number of nitrogens with zero attached hydrogens (tertiary/aromatic N) is 2. The molecule has 234 valence electrons. The number of morpholine rings is 1. The van der Waals surface area contributed by atoms with Crippen molar-refractivity contribution in [3.05, 3.63) is 94.5 Å². The second-order valence-electron chi connectivity index (χ2n) is 12.0. The first-order valence-corrected chi connectivity index (χ1v) is 15.3. The molecule has 0 bridgehead atoms. The first-order valence-electron chi connectivity index (χ1n) is 15.3. The minimum atomic E-state index is -0.912.